The number of rotatable bonds is 7. The smallest absolute Gasteiger partial charge is 0.311 e. The molecule has 5 heteroatoms. The third-order valence-corrected chi connectivity index (χ3v) is 7.52. The highest BCUT2D eigenvalue weighted by Gasteiger charge is 2.40. The van der Waals surface area contributed by atoms with Gasteiger partial charge in [0.25, 0.3) is 0 Å². The second-order valence-electron chi connectivity index (χ2n) is 9.61. The zero-order valence-corrected chi connectivity index (χ0v) is 18.5. The quantitative estimate of drug-likeness (QED) is 0.507. The Kier molecular flexibility index (Phi) is 7.56. The lowest BCUT2D eigenvalue weighted by atomic mass is 9.63. The van der Waals surface area contributed by atoms with E-state index in [0.29, 0.717) is 24.6 Å². The number of carbonyl (C=O) groups is 2. The van der Waals surface area contributed by atoms with E-state index >= 15 is 0 Å². The van der Waals surface area contributed by atoms with Crippen molar-refractivity contribution in [2.24, 2.45) is 11.3 Å². The van der Waals surface area contributed by atoms with Crippen LogP contribution in [0.15, 0.2) is 24.3 Å². The van der Waals surface area contributed by atoms with Gasteiger partial charge in [-0.15, -0.1) is 0 Å². The molecule has 30 heavy (non-hydrogen) atoms. The fraction of sp³-hybridized carbons (Fsp3) is 0.680. The fourth-order valence-corrected chi connectivity index (χ4v) is 5.54. The Balaban J connectivity index is 1.72. The van der Waals surface area contributed by atoms with Crippen LogP contribution in [-0.4, -0.2) is 30.1 Å². The van der Waals surface area contributed by atoms with Crippen molar-refractivity contribution < 1.29 is 19.4 Å². The van der Waals surface area contributed by atoms with E-state index in [9.17, 15) is 14.7 Å². The summed E-state index contributed by atoms with van der Waals surface area (Å²) in [5.41, 5.74) is 0.604. The largest absolute Gasteiger partial charge is 0.427 e. The second kappa shape index (κ2) is 9.95. The molecule has 0 saturated heterocycles. The highest BCUT2D eigenvalue weighted by molar-refractivity contribution is 5.74. The van der Waals surface area contributed by atoms with E-state index in [-0.39, 0.29) is 29.3 Å². The topological polar surface area (TPSA) is 75.6 Å². The number of esters is 1. The van der Waals surface area contributed by atoms with Gasteiger partial charge in [-0.1, -0.05) is 51.2 Å². The van der Waals surface area contributed by atoms with Gasteiger partial charge in [-0.25, -0.2) is 0 Å². The molecule has 0 radical (unpaired) electrons. The van der Waals surface area contributed by atoms with Gasteiger partial charge < -0.3 is 15.2 Å². The number of aliphatic hydroxyl groups is 1. The van der Waals surface area contributed by atoms with Gasteiger partial charge in [-0.05, 0) is 54.7 Å². The molecule has 0 spiro atoms. The maximum atomic E-state index is 12.8. The first-order valence-electron chi connectivity index (χ1n) is 11.6. The lowest BCUT2D eigenvalue weighted by Gasteiger charge is -2.42. The Morgan fingerprint density at radius 2 is 1.87 bits per heavy atom. The van der Waals surface area contributed by atoms with Crippen LogP contribution in [0.4, 0.5) is 0 Å². The van der Waals surface area contributed by atoms with E-state index < -0.39 is 0 Å². The molecule has 0 bridgehead atoms. The zero-order chi connectivity index (χ0) is 21.6. The number of nitrogens with one attached hydrogen (secondary N) is 1. The van der Waals surface area contributed by atoms with Crippen molar-refractivity contribution in [3.05, 3.63) is 29.8 Å². The predicted molar refractivity (Wildman–Crippen MR) is 117 cm³/mol. The number of aliphatic hydroxyl groups excluding tert-OH is 1. The van der Waals surface area contributed by atoms with Gasteiger partial charge in [0.05, 0.1) is 13.0 Å². The molecule has 1 aromatic carbocycles. The molecule has 2 aliphatic rings. The van der Waals surface area contributed by atoms with Crippen molar-refractivity contribution >= 4 is 11.9 Å². The maximum absolute atomic E-state index is 12.8. The summed E-state index contributed by atoms with van der Waals surface area (Å²) in [4.78, 5) is 24.3. The van der Waals surface area contributed by atoms with Crippen LogP contribution in [0.5, 0.6) is 5.75 Å². The van der Waals surface area contributed by atoms with E-state index in [2.05, 4.69) is 18.3 Å². The first-order chi connectivity index (χ1) is 14.4. The van der Waals surface area contributed by atoms with Gasteiger partial charge in [0.15, 0.2) is 0 Å². The molecule has 2 aliphatic carbocycles. The van der Waals surface area contributed by atoms with Gasteiger partial charge in [0, 0.05) is 18.9 Å². The van der Waals surface area contributed by atoms with Crippen LogP contribution in [0, 0.1) is 11.3 Å². The number of hydrogen-bond acceptors (Lipinski definition) is 4. The van der Waals surface area contributed by atoms with Crippen LogP contribution < -0.4 is 10.1 Å². The minimum atomic E-state index is -0.253. The Hall–Kier alpha value is -1.88. The third kappa shape index (κ3) is 5.23. The Labute approximate surface area is 180 Å². The first kappa shape index (κ1) is 22.8. The summed E-state index contributed by atoms with van der Waals surface area (Å²) >= 11 is 0. The number of amides is 1. The van der Waals surface area contributed by atoms with Crippen molar-refractivity contribution in [2.75, 3.05) is 13.2 Å². The summed E-state index contributed by atoms with van der Waals surface area (Å²) in [6.45, 7) is 4.38. The SMILES string of the molecule is CC(=O)NCC1(CC(=O)Oc2cccc(C3(CO)CCCCC3C)c2)CCCCC1. The van der Waals surface area contributed by atoms with Gasteiger partial charge in [-0.2, -0.15) is 0 Å². The highest BCUT2D eigenvalue weighted by Crippen LogP contribution is 2.44. The number of benzene rings is 1. The summed E-state index contributed by atoms with van der Waals surface area (Å²) < 4.78 is 5.77. The van der Waals surface area contributed by atoms with Crippen molar-refractivity contribution in [3.8, 4) is 5.75 Å². The predicted octanol–water partition coefficient (Wildman–Crippen LogP) is 4.51. The van der Waals surface area contributed by atoms with Gasteiger partial charge in [-0.3, -0.25) is 9.59 Å². The van der Waals surface area contributed by atoms with Crippen LogP contribution >= 0.6 is 0 Å². The van der Waals surface area contributed by atoms with Gasteiger partial charge in [0.1, 0.15) is 5.75 Å². The molecule has 5 nitrogen and oxygen atoms in total. The summed E-state index contributed by atoms with van der Waals surface area (Å²) in [7, 11) is 0. The van der Waals surface area contributed by atoms with Crippen LogP contribution in [-0.2, 0) is 15.0 Å². The van der Waals surface area contributed by atoms with Gasteiger partial charge >= 0.3 is 5.97 Å². The molecule has 166 valence electrons. The second-order valence-corrected chi connectivity index (χ2v) is 9.61. The Morgan fingerprint density at radius 1 is 1.13 bits per heavy atom. The molecular formula is C25H37NO4. The average Bonchev–Trinajstić information content (AvgIpc) is 2.74. The van der Waals surface area contributed by atoms with Crippen LogP contribution in [0.1, 0.15) is 83.6 Å². The molecular weight excluding hydrogens is 378 g/mol. The minimum absolute atomic E-state index is 0.0584. The average molecular weight is 416 g/mol. The first-order valence-corrected chi connectivity index (χ1v) is 11.6. The summed E-state index contributed by atoms with van der Waals surface area (Å²) in [6.07, 6.45) is 9.92. The zero-order valence-electron chi connectivity index (χ0n) is 18.5. The molecule has 2 atom stereocenters. The van der Waals surface area contributed by atoms with E-state index in [1.165, 1.54) is 19.8 Å². The molecule has 3 rings (SSSR count). The minimum Gasteiger partial charge on any atom is -0.427 e. The van der Waals surface area contributed by atoms with E-state index in [0.717, 1.165) is 50.5 Å². The van der Waals surface area contributed by atoms with E-state index in [1.54, 1.807) is 0 Å². The standard InChI is InChI=1S/C25H37NO4/c1-19-9-4-7-14-25(19,18-27)21-10-8-11-22(15-21)30-23(29)16-24(17-26-20(2)28)12-5-3-6-13-24/h8,10-11,15,19,27H,3-7,9,12-14,16-18H2,1-2H3,(H,26,28). The molecule has 0 aliphatic heterocycles. The molecule has 2 unspecified atom stereocenters. The van der Waals surface area contributed by atoms with Gasteiger partial charge in [0.2, 0.25) is 5.91 Å². The monoisotopic (exact) mass is 415 g/mol. The van der Waals surface area contributed by atoms with Crippen molar-refractivity contribution in [3.63, 3.8) is 0 Å². The van der Waals surface area contributed by atoms with Crippen molar-refractivity contribution in [2.45, 2.75) is 83.5 Å². The summed E-state index contributed by atoms with van der Waals surface area (Å²) in [5.74, 6) is 0.644. The van der Waals surface area contributed by atoms with Crippen molar-refractivity contribution in [1.29, 1.82) is 0 Å². The number of hydrogen-bond donors (Lipinski definition) is 2. The van der Waals surface area contributed by atoms with Crippen LogP contribution in [0.2, 0.25) is 0 Å². The van der Waals surface area contributed by atoms with E-state index in [1.807, 2.05) is 18.2 Å². The van der Waals surface area contributed by atoms with E-state index in [4.69, 9.17) is 4.74 Å². The lowest BCUT2D eigenvalue weighted by molar-refractivity contribution is -0.138. The molecule has 0 aromatic heterocycles. The Morgan fingerprint density at radius 3 is 2.53 bits per heavy atom. The third-order valence-electron chi connectivity index (χ3n) is 7.52. The summed E-state index contributed by atoms with van der Waals surface area (Å²) in [5, 5.41) is 13.2. The molecule has 2 saturated carbocycles. The number of carbonyl (C=O) groups excluding carboxylic acids is 2. The number of ether oxygens (including phenoxy) is 1. The van der Waals surface area contributed by atoms with Crippen LogP contribution in [0.3, 0.4) is 0 Å². The van der Waals surface area contributed by atoms with Crippen molar-refractivity contribution in [1.82, 2.24) is 5.32 Å². The molecule has 1 aromatic rings. The molecule has 2 fully saturated rings. The Bertz CT molecular complexity index is 740. The lowest BCUT2D eigenvalue weighted by Crippen LogP contribution is -2.40. The maximum Gasteiger partial charge on any atom is 0.311 e. The normalized spacial score (nSPS) is 26.0. The fourth-order valence-electron chi connectivity index (χ4n) is 5.54. The molecule has 1 amide bonds. The van der Waals surface area contributed by atoms with Crippen LogP contribution in [0.25, 0.3) is 0 Å². The summed E-state index contributed by atoms with van der Waals surface area (Å²) in [6, 6.07) is 7.73. The highest BCUT2D eigenvalue weighted by atomic mass is 16.5. The molecule has 2 N–H and O–H groups in total. The molecule has 0 heterocycles.